The Morgan fingerprint density at radius 3 is 2.68 bits per heavy atom. The minimum atomic E-state index is -0.0672. The molecule has 2 N–H and O–H groups in total. The van der Waals surface area contributed by atoms with E-state index in [0.29, 0.717) is 6.54 Å². The predicted octanol–water partition coefficient (Wildman–Crippen LogP) is 3.75. The van der Waals surface area contributed by atoms with E-state index in [4.69, 9.17) is 4.74 Å². The summed E-state index contributed by atoms with van der Waals surface area (Å²) >= 11 is 1.48. The van der Waals surface area contributed by atoms with Crippen molar-refractivity contribution < 1.29 is 9.53 Å². The molecule has 0 aliphatic carbocycles. The van der Waals surface area contributed by atoms with Gasteiger partial charge < -0.3 is 15.4 Å². The number of aromatic nitrogens is 1. The van der Waals surface area contributed by atoms with Gasteiger partial charge in [-0.15, -0.1) is 11.3 Å². The van der Waals surface area contributed by atoms with E-state index in [9.17, 15) is 4.79 Å². The molecule has 0 saturated carbocycles. The fourth-order valence-corrected chi connectivity index (χ4v) is 3.09. The average molecular weight is 353 g/mol. The van der Waals surface area contributed by atoms with Crippen molar-refractivity contribution in [3.05, 3.63) is 71.2 Å². The number of hydrogen-bond donors (Lipinski definition) is 2. The zero-order valence-corrected chi connectivity index (χ0v) is 14.7. The first kappa shape index (κ1) is 17.0. The summed E-state index contributed by atoms with van der Waals surface area (Å²) in [6, 6.07) is 17.5. The topological polar surface area (TPSA) is 63.2 Å². The number of nitrogens with zero attached hydrogens (tertiary/aromatic N) is 1. The molecule has 0 fully saturated rings. The van der Waals surface area contributed by atoms with Gasteiger partial charge in [-0.25, -0.2) is 4.98 Å². The van der Waals surface area contributed by atoms with Crippen LogP contribution in [-0.2, 0) is 17.8 Å². The van der Waals surface area contributed by atoms with Gasteiger partial charge in [-0.05, 0) is 18.2 Å². The summed E-state index contributed by atoms with van der Waals surface area (Å²) in [5, 5.41) is 8.81. The van der Waals surface area contributed by atoms with Gasteiger partial charge in [0.1, 0.15) is 5.75 Å². The molecule has 0 bridgehead atoms. The molecule has 0 aliphatic rings. The van der Waals surface area contributed by atoms with Gasteiger partial charge in [0.15, 0.2) is 5.13 Å². The zero-order valence-electron chi connectivity index (χ0n) is 13.9. The zero-order chi connectivity index (χ0) is 17.5. The Morgan fingerprint density at radius 2 is 1.88 bits per heavy atom. The highest BCUT2D eigenvalue weighted by Crippen LogP contribution is 2.21. The predicted molar refractivity (Wildman–Crippen MR) is 100 cm³/mol. The quantitative estimate of drug-likeness (QED) is 0.679. The van der Waals surface area contributed by atoms with Gasteiger partial charge in [0.25, 0.3) is 0 Å². The average Bonchev–Trinajstić information content (AvgIpc) is 3.07. The summed E-state index contributed by atoms with van der Waals surface area (Å²) in [6.45, 7) is 0.433. The van der Waals surface area contributed by atoms with Gasteiger partial charge in [-0.3, -0.25) is 4.79 Å². The molecule has 0 spiro atoms. The molecular weight excluding hydrogens is 334 g/mol. The number of amides is 1. The van der Waals surface area contributed by atoms with Crippen molar-refractivity contribution in [1.82, 2.24) is 10.3 Å². The Labute approximate surface area is 150 Å². The van der Waals surface area contributed by atoms with Crippen molar-refractivity contribution in [2.45, 2.75) is 13.0 Å². The summed E-state index contributed by atoms with van der Waals surface area (Å²) in [7, 11) is 1.62. The molecule has 0 radical (unpaired) electrons. The number of para-hydroxylation sites is 2. The molecule has 6 heteroatoms. The smallest absolute Gasteiger partial charge is 0.226 e. The van der Waals surface area contributed by atoms with Gasteiger partial charge in [0.2, 0.25) is 5.91 Å². The minimum absolute atomic E-state index is 0.0672. The van der Waals surface area contributed by atoms with E-state index < -0.39 is 0 Å². The summed E-state index contributed by atoms with van der Waals surface area (Å²) in [5.41, 5.74) is 2.67. The molecule has 0 saturated heterocycles. The summed E-state index contributed by atoms with van der Waals surface area (Å²) < 4.78 is 5.29. The first-order valence-electron chi connectivity index (χ1n) is 7.89. The molecule has 1 aromatic heterocycles. The number of thiazole rings is 1. The first-order chi connectivity index (χ1) is 12.2. The van der Waals surface area contributed by atoms with E-state index in [1.54, 1.807) is 7.11 Å². The third-order valence-corrected chi connectivity index (χ3v) is 4.39. The van der Waals surface area contributed by atoms with Crippen LogP contribution in [0.1, 0.15) is 11.3 Å². The Hall–Kier alpha value is -2.86. The third-order valence-electron chi connectivity index (χ3n) is 3.59. The number of rotatable bonds is 7. The molecule has 2 aromatic carbocycles. The van der Waals surface area contributed by atoms with Crippen LogP contribution in [0.15, 0.2) is 60.0 Å². The van der Waals surface area contributed by atoms with Crippen LogP contribution in [0.4, 0.5) is 10.8 Å². The van der Waals surface area contributed by atoms with Crippen molar-refractivity contribution in [2.24, 2.45) is 0 Å². The Balaban J connectivity index is 1.53. The van der Waals surface area contributed by atoms with Crippen LogP contribution in [0, 0.1) is 0 Å². The van der Waals surface area contributed by atoms with Crippen molar-refractivity contribution in [2.75, 3.05) is 12.4 Å². The molecule has 3 aromatic rings. The van der Waals surface area contributed by atoms with E-state index in [-0.39, 0.29) is 12.3 Å². The van der Waals surface area contributed by atoms with Crippen molar-refractivity contribution in [3.63, 3.8) is 0 Å². The molecule has 1 heterocycles. The number of carbonyl (C=O) groups excluding carboxylic acids is 1. The molecule has 5 nitrogen and oxygen atoms in total. The highest BCUT2D eigenvalue weighted by atomic mass is 32.1. The van der Waals surface area contributed by atoms with E-state index in [1.807, 2.05) is 60.0 Å². The maximum absolute atomic E-state index is 12.1. The Morgan fingerprint density at radius 1 is 1.12 bits per heavy atom. The lowest BCUT2D eigenvalue weighted by molar-refractivity contribution is -0.120. The van der Waals surface area contributed by atoms with Gasteiger partial charge in [0, 0.05) is 23.2 Å². The maximum Gasteiger partial charge on any atom is 0.226 e. The maximum atomic E-state index is 12.1. The highest BCUT2D eigenvalue weighted by molar-refractivity contribution is 7.13. The number of methoxy groups -OCH3 is 1. The van der Waals surface area contributed by atoms with Crippen LogP contribution in [-0.4, -0.2) is 18.0 Å². The second-order valence-corrected chi connectivity index (χ2v) is 6.26. The molecule has 25 heavy (non-hydrogen) atoms. The second kappa shape index (κ2) is 8.30. The number of anilines is 2. The van der Waals surface area contributed by atoms with Crippen LogP contribution in [0.5, 0.6) is 5.75 Å². The van der Waals surface area contributed by atoms with Crippen molar-refractivity contribution in [1.29, 1.82) is 0 Å². The molecule has 1 amide bonds. The fourth-order valence-electron chi connectivity index (χ4n) is 2.36. The standard InChI is InChI=1S/C19H19N3O2S/c1-24-17-10-6-5-7-14(17)12-20-18(23)11-16-13-25-19(22-16)21-15-8-3-2-4-9-15/h2-10,13H,11-12H2,1H3,(H,20,23)(H,21,22). The number of carbonyl (C=O) groups is 1. The largest absolute Gasteiger partial charge is 0.496 e. The lowest BCUT2D eigenvalue weighted by Gasteiger charge is -2.09. The summed E-state index contributed by atoms with van der Waals surface area (Å²) in [6.07, 6.45) is 0.252. The summed E-state index contributed by atoms with van der Waals surface area (Å²) in [5.74, 6) is 0.702. The van der Waals surface area contributed by atoms with Crippen LogP contribution < -0.4 is 15.4 Å². The monoisotopic (exact) mass is 353 g/mol. The van der Waals surface area contributed by atoms with Gasteiger partial charge in [-0.2, -0.15) is 0 Å². The SMILES string of the molecule is COc1ccccc1CNC(=O)Cc1csc(Nc2ccccc2)n1. The van der Waals surface area contributed by atoms with Crippen LogP contribution in [0.25, 0.3) is 0 Å². The highest BCUT2D eigenvalue weighted by Gasteiger charge is 2.09. The van der Waals surface area contributed by atoms with E-state index in [1.165, 1.54) is 11.3 Å². The first-order valence-corrected chi connectivity index (χ1v) is 8.77. The number of nitrogens with one attached hydrogen (secondary N) is 2. The molecule has 128 valence electrons. The second-order valence-electron chi connectivity index (χ2n) is 5.40. The van der Waals surface area contributed by atoms with Crippen LogP contribution in [0.3, 0.4) is 0 Å². The molecular formula is C19H19N3O2S. The van der Waals surface area contributed by atoms with Gasteiger partial charge >= 0.3 is 0 Å². The molecule has 0 aliphatic heterocycles. The number of ether oxygens (including phenoxy) is 1. The molecule has 0 unspecified atom stereocenters. The lowest BCUT2D eigenvalue weighted by Crippen LogP contribution is -2.24. The normalized spacial score (nSPS) is 10.3. The van der Waals surface area contributed by atoms with E-state index >= 15 is 0 Å². The van der Waals surface area contributed by atoms with Crippen molar-refractivity contribution in [3.8, 4) is 5.75 Å². The summed E-state index contributed by atoms with van der Waals surface area (Å²) in [4.78, 5) is 16.6. The molecule has 0 atom stereocenters. The third kappa shape index (κ3) is 4.81. The van der Waals surface area contributed by atoms with Crippen LogP contribution in [0.2, 0.25) is 0 Å². The van der Waals surface area contributed by atoms with Gasteiger partial charge in [0.05, 0.1) is 19.2 Å². The fraction of sp³-hybridized carbons (Fsp3) is 0.158. The number of hydrogen-bond acceptors (Lipinski definition) is 5. The lowest BCUT2D eigenvalue weighted by atomic mass is 10.2. The molecule has 3 rings (SSSR count). The minimum Gasteiger partial charge on any atom is -0.496 e. The van der Waals surface area contributed by atoms with E-state index in [0.717, 1.165) is 27.8 Å². The Bertz CT molecular complexity index is 833. The van der Waals surface area contributed by atoms with E-state index in [2.05, 4.69) is 15.6 Å². The number of benzene rings is 2. The van der Waals surface area contributed by atoms with Gasteiger partial charge in [-0.1, -0.05) is 36.4 Å². The van der Waals surface area contributed by atoms with Crippen molar-refractivity contribution >= 4 is 28.1 Å². The van der Waals surface area contributed by atoms with Crippen LogP contribution >= 0.6 is 11.3 Å². The Kier molecular flexibility index (Phi) is 5.64.